The molecule has 0 spiro atoms. The molecule has 2 aromatic carbocycles. The highest BCUT2D eigenvalue weighted by Gasteiger charge is 2.24. The van der Waals surface area contributed by atoms with Gasteiger partial charge in [0.05, 0.1) is 17.3 Å². The Hall–Kier alpha value is -2.67. The molecule has 0 aliphatic rings. The third kappa shape index (κ3) is 7.30. The SMILES string of the molecule is CCCCOc1ccc(/C=N/NC(=O)C(NC(=O)c2ccccc2)C(C)C)cc1Br. The molecule has 2 N–H and O–H groups in total. The van der Waals surface area contributed by atoms with Gasteiger partial charge in [0, 0.05) is 5.56 Å². The van der Waals surface area contributed by atoms with E-state index in [0.717, 1.165) is 28.6 Å². The van der Waals surface area contributed by atoms with Crippen LogP contribution in [0.15, 0.2) is 58.1 Å². The van der Waals surface area contributed by atoms with Crippen molar-refractivity contribution in [2.45, 2.75) is 39.7 Å². The van der Waals surface area contributed by atoms with E-state index >= 15 is 0 Å². The summed E-state index contributed by atoms with van der Waals surface area (Å²) in [4.78, 5) is 24.9. The molecule has 6 nitrogen and oxygen atoms in total. The first-order valence-corrected chi connectivity index (χ1v) is 10.8. The zero-order valence-electron chi connectivity index (χ0n) is 17.5. The zero-order valence-corrected chi connectivity index (χ0v) is 19.1. The molecule has 160 valence electrons. The Bertz CT molecular complexity index is 869. The van der Waals surface area contributed by atoms with Gasteiger partial charge in [0.1, 0.15) is 11.8 Å². The van der Waals surface area contributed by atoms with Crippen molar-refractivity contribution in [2.75, 3.05) is 6.61 Å². The molecule has 2 amide bonds. The van der Waals surface area contributed by atoms with Crippen molar-refractivity contribution in [1.29, 1.82) is 0 Å². The summed E-state index contributed by atoms with van der Waals surface area (Å²) in [6, 6.07) is 13.7. The quantitative estimate of drug-likeness (QED) is 0.302. The highest BCUT2D eigenvalue weighted by molar-refractivity contribution is 9.10. The monoisotopic (exact) mass is 473 g/mol. The lowest BCUT2D eigenvalue weighted by molar-refractivity contribution is -0.123. The first kappa shape index (κ1) is 23.6. The van der Waals surface area contributed by atoms with Crippen LogP contribution < -0.4 is 15.5 Å². The third-order valence-corrected chi connectivity index (χ3v) is 4.99. The fourth-order valence-electron chi connectivity index (χ4n) is 2.63. The highest BCUT2D eigenvalue weighted by atomic mass is 79.9. The van der Waals surface area contributed by atoms with Crippen LogP contribution in [0.1, 0.15) is 49.5 Å². The molecule has 0 aliphatic heterocycles. The number of rotatable bonds is 10. The zero-order chi connectivity index (χ0) is 21.9. The molecule has 1 unspecified atom stereocenters. The van der Waals surface area contributed by atoms with Gasteiger partial charge in [-0.2, -0.15) is 5.10 Å². The summed E-state index contributed by atoms with van der Waals surface area (Å²) in [5.74, 6) is 0.00910. The molecule has 0 aromatic heterocycles. The van der Waals surface area contributed by atoms with Crippen LogP contribution in [-0.4, -0.2) is 30.7 Å². The van der Waals surface area contributed by atoms with Gasteiger partial charge in [-0.05, 0) is 64.2 Å². The molecule has 0 radical (unpaired) electrons. The van der Waals surface area contributed by atoms with E-state index in [4.69, 9.17) is 4.74 Å². The number of nitrogens with one attached hydrogen (secondary N) is 2. The number of ether oxygens (including phenoxy) is 1. The Morgan fingerprint density at radius 3 is 2.53 bits per heavy atom. The average Bonchev–Trinajstić information content (AvgIpc) is 2.73. The second-order valence-electron chi connectivity index (χ2n) is 7.19. The van der Waals surface area contributed by atoms with E-state index in [1.54, 1.807) is 30.5 Å². The highest BCUT2D eigenvalue weighted by Crippen LogP contribution is 2.25. The maximum absolute atomic E-state index is 12.5. The third-order valence-electron chi connectivity index (χ3n) is 4.37. The lowest BCUT2D eigenvalue weighted by Crippen LogP contribution is -2.48. The average molecular weight is 474 g/mol. The fourth-order valence-corrected chi connectivity index (χ4v) is 3.14. The summed E-state index contributed by atoms with van der Waals surface area (Å²) in [6.45, 7) is 6.52. The van der Waals surface area contributed by atoms with E-state index in [9.17, 15) is 9.59 Å². The number of nitrogens with zero attached hydrogens (tertiary/aromatic N) is 1. The fraction of sp³-hybridized carbons (Fsp3) is 0.348. The molecule has 0 fully saturated rings. The second kappa shape index (κ2) is 12.1. The molecule has 0 bridgehead atoms. The molecule has 0 heterocycles. The van der Waals surface area contributed by atoms with Crippen LogP contribution in [0.3, 0.4) is 0 Å². The summed E-state index contributed by atoms with van der Waals surface area (Å²) < 4.78 is 6.53. The van der Waals surface area contributed by atoms with E-state index in [-0.39, 0.29) is 17.7 Å². The minimum absolute atomic E-state index is 0.0958. The topological polar surface area (TPSA) is 79.8 Å². The van der Waals surface area contributed by atoms with Crippen molar-refractivity contribution in [2.24, 2.45) is 11.0 Å². The summed E-state index contributed by atoms with van der Waals surface area (Å²) >= 11 is 3.49. The number of halogens is 1. The largest absolute Gasteiger partial charge is 0.492 e. The van der Waals surface area contributed by atoms with Crippen LogP contribution in [0.2, 0.25) is 0 Å². The standard InChI is InChI=1S/C23H28BrN3O3/c1-4-5-13-30-20-12-11-17(14-19(20)24)15-25-27-23(29)21(16(2)3)26-22(28)18-9-7-6-8-10-18/h6-12,14-16,21H,4-5,13H2,1-3H3,(H,26,28)(H,27,29)/b25-15+. The Morgan fingerprint density at radius 2 is 1.90 bits per heavy atom. The van der Waals surface area contributed by atoms with Gasteiger partial charge in [-0.3, -0.25) is 9.59 Å². The molecular weight excluding hydrogens is 446 g/mol. The van der Waals surface area contributed by atoms with E-state index in [0.29, 0.717) is 12.2 Å². The summed E-state index contributed by atoms with van der Waals surface area (Å²) in [7, 11) is 0. The summed E-state index contributed by atoms with van der Waals surface area (Å²) in [6.07, 6.45) is 3.62. The maximum Gasteiger partial charge on any atom is 0.262 e. The lowest BCUT2D eigenvalue weighted by Gasteiger charge is -2.20. The van der Waals surface area contributed by atoms with Gasteiger partial charge in [-0.15, -0.1) is 0 Å². The molecule has 30 heavy (non-hydrogen) atoms. The number of hydrazone groups is 1. The molecule has 7 heteroatoms. The normalized spacial score (nSPS) is 12.0. The molecule has 0 saturated heterocycles. The van der Waals surface area contributed by atoms with Crippen molar-refractivity contribution in [3.63, 3.8) is 0 Å². The number of carbonyl (C=O) groups is 2. The Balaban J connectivity index is 1.95. The van der Waals surface area contributed by atoms with E-state index < -0.39 is 6.04 Å². The predicted molar refractivity (Wildman–Crippen MR) is 123 cm³/mol. The van der Waals surface area contributed by atoms with E-state index in [1.165, 1.54) is 0 Å². The van der Waals surface area contributed by atoms with Gasteiger partial charge in [-0.1, -0.05) is 45.4 Å². The van der Waals surface area contributed by atoms with Crippen LogP contribution in [0.5, 0.6) is 5.75 Å². The van der Waals surface area contributed by atoms with Gasteiger partial charge in [0.2, 0.25) is 0 Å². The Kier molecular flexibility index (Phi) is 9.54. The van der Waals surface area contributed by atoms with Crippen molar-refractivity contribution in [3.05, 3.63) is 64.1 Å². The summed E-state index contributed by atoms with van der Waals surface area (Å²) in [5.41, 5.74) is 3.82. The van der Waals surface area contributed by atoms with E-state index in [1.807, 2.05) is 38.1 Å². The molecule has 0 aliphatic carbocycles. The molecule has 0 saturated carbocycles. The van der Waals surface area contributed by atoms with Crippen LogP contribution in [0, 0.1) is 5.92 Å². The smallest absolute Gasteiger partial charge is 0.262 e. The number of amides is 2. The molecule has 2 rings (SSSR count). The van der Waals surface area contributed by atoms with Gasteiger partial charge < -0.3 is 10.1 Å². The van der Waals surface area contributed by atoms with Gasteiger partial charge in [0.25, 0.3) is 11.8 Å². The number of carbonyl (C=O) groups excluding carboxylic acids is 2. The van der Waals surface area contributed by atoms with Gasteiger partial charge in [-0.25, -0.2) is 5.43 Å². The number of benzene rings is 2. The van der Waals surface area contributed by atoms with Crippen LogP contribution >= 0.6 is 15.9 Å². The van der Waals surface area contributed by atoms with Crippen molar-refractivity contribution in [3.8, 4) is 5.75 Å². The number of hydrogen-bond donors (Lipinski definition) is 2. The Labute approximate surface area is 186 Å². The van der Waals surface area contributed by atoms with Gasteiger partial charge >= 0.3 is 0 Å². The predicted octanol–water partition coefficient (Wildman–Crippen LogP) is 4.53. The molecule has 1 atom stereocenters. The van der Waals surface area contributed by atoms with E-state index in [2.05, 4.69) is 38.7 Å². The number of unbranched alkanes of at least 4 members (excludes halogenated alkanes) is 1. The molecule has 2 aromatic rings. The number of hydrogen-bond acceptors (Lipinski definition) is 4. The Morgan fingerprint density at radius 1 is 1.17 bits per heavy atom. The van der Waals surface area contributed by atoms with Crippen molar-refractivity contribution in [1.82, 2.24) is 10.7 Å². The van der Waals surface area contributed by atoms with Crippen LogP contribution in [0.25, 0.3) is 0 Å². The molecular formula is C23H28BrN3O3. The van der Waals surface area contributed by atoms with Crippen molar-refractivity contribution >= 4 is 34.0 Å². The van der Waals surface area contributed by atoms with Crippen LogP contribution in [0.4, 0.5) is 0 Å². The summed E-state index contributed by atoms with van der Waals surface area (Å²) in [5, 5.41) is 6.81. The first-order chi connectivity index (χ1) is 14.4. The lowest BCUT2D eigenvalue weighted by atomic mass is 10.0. The van der Waals surface area contributed by atoms with Crippen LogP contribution in [-0.2, 0) is 4.79 Å². The first-order valence-electron chi connectivity index (χ1n) is 10.0. The second-order valence-corrected chi connectivity index (χ2v) is 8.04. The minimum atomic E-state index is -0.698. The van der Waals surface area contributed by atoms with Crippen molar-refractivity contribution < 1.29 is 14.3 Å². The maximum atomic E-state index is 12.5. The minimum Gasteiger partial charge on any atom is -0.492 e. The van der Waals surface area contributed by atoms with Gasteiger partial charge in [0.15, 0.2) is 0 Å².